The van der Waals surface area contributed by atoms with Gasteiger partial charge in [-0.25, -0.2) is 4.79 Å². The van der Waals surface area contributed by atoms with Crippen molar-refractivity contribution in [3.63, 3.8) is 0 Å². The number of carbonyl (C=O) groups excluding carboxylic acids is 3. The van der Waals surface area contributed by atoms with Crippen LogP contribution < -0.4 is 16.4 Å². The van der Waals surface area contributed by atoms with Crippen molar-refractivity contribution in [1.29, 1.82) is 0 Å². The summed E-state index contributed by atoms with van der Waals surface area (Å²) in [6, 6.07) is 17.6. The largest absolute Gasteiger partial charge is 0.343 e. The fraction of sp³-hybridized carbons (Fsp3) is 0.320. The molecule has 0 aliphatic carbocycles. The Balaban J connectivity index is 1.33. The second kappa shape index (κ2) is 9.25. The minimum atomic E-state index is -1.35. The summed E-state index contributed by atoms with van der Waals surface area (Å²) >= 11 is 0. The van der Waals surface area contributed by atoms with E-state index in [0.29, 0.717) is 19.0 Å². The Morgan fingerprint density at radius 3 is 2.19 bits per heavy atom. The first kappa shape index (κ1) is 21.6. The zero-order valence-electron chi connectivity index (χ0n) is 17.8. The number of imide groups is 1. The molecule has 2 heterocycles. The number of carbonyl (C=O) groups is 3. The van der Waals surface area contributed by atoms with Gasteiger partial charge in [0.2, 0.25) is 5.91 Å². The number of rotatable bonds is 4. The number of amides is 4. The number of nitrogens with two attached hydrogens (primary N) is 1. The molecule has 0 spiro atoms. The first-order chi connectivity index (χ1) is 15.5. The fourth-order valence-corrected chi connectivity index (χ4v) is 4.21. The number of urea groups is 1. The predicted octanol–water partition coefficient (Wildman–Crippen LogP) is 1.72. The molecule has 2 aliphatic rings. The average Bonchev–Trinajstić information content (AvgIpc) is 3.11. The van der Waals surface area contributed by atoms with Gasteiger partial charge in [-0.05, 0) is 48.6 Å². The third-order valence-electron chi connectivity index (χ3n) is 6.17. The van der Waals surface area contributed by atoms with E-state index < -0.39 is 17.5 Å². The van der Waals surface area contributed by atoms with Gasteiger partial charge < -0.3 is 16.0 Å². The highest BCUT2D eigenvalue weighted by molar-refractivity contribution is 6.09. The van der Waals surface area contributed by atoms with Gasteiger partial charge in [0.1, 0.15) is 5.54 Å². The van der Waals surface area contributed by atoms with Crippen molar-refractivity contribution >= 4 is 17.8 Å². The summed E-state index contributed by atoms with van der Waals surface area (Å²) in [5, 5.41) is 4.68. The maximum Gasteiger partial charge on any atom is 0.322 e. The van der Waals surface area contributed by atoms with E-state index in [0.717, 1.165) is 24.0 Å². The van der Waals surface area contributed by atoms with Crippen molar-refractivity contribution in [3.05, 3.63) is 71.3 Å². The van der Waals surface area contributed by atoms with Gasteiger partial charge >= 0.3 is 6.03 Å². The Labute approximate surface area is 187 Å². The van der Waals surface area contributed by atoms with Crippen molar-refractivity contribution in [3.8, 4) is 11.8 Å². The SMILES string of the molecule is NCC1(CC(=O)N2CCC(c3ccc(C#Cc4ccccc4)cc3)CC2)NC(=O)NC1=O. The summed E-state index contributed by atoms with van der Waals surface area (Å²) in [6.45, 7) is 1.09. The Morgan fingerprint density at radius 1 is 1.00 bits per heavy atom. The zero-order valence-corrected chi connectivity index (χ0v) is 17.8. The third kappa shape index (κ3) is 4.66. The van der Waals surface area contributed by atoms with Crippen molar-refractivity contribution in [2.24, 2.45) is 5.73 Å². The number of likely N-dealkylation sites (tertiary alicyclic amines) is 1. The molecule has 2 fully saturated rings. The van der Waals surface area contributed by atoms with Crippen LogP contribution in [0.2, 0.25) is 0 Å². The molecule has 7 heteroatoms. The van der Waals surface area contributed by atoms with E-state index in [9.17, 15) is 14.4 Å². The summed E-state index contributed by atoms with van der Waals surface area (Å²) in [6.07, 6.45) is 1.56. The van der Waals surface area contributed by atoms with Crippen molar-refractivity contribution in [2.75, 3.05) is 19.6 Å². The Morgan fingerprint density at radius 2 is 1.62 bits per heavy atom. The molecule has 164 valence electrons. The summed E-state index contributed by atoms with van der Waals surface area (Å²) in [5.74, 6) is 6.01. The van der Waals surface area contributed by atoms with Crippen LogP contribution in [0.15, 0.2) is 54.6 Å². The van der Waals surface area contributed by atoms with E-state index in [-0.39, 0.29) is 18.9 Å². The lowest BCUT2D eigenvalue weighted by Crippen LogP contribution is -2.56. The number of nitrogens with zero attached hydrogens (tertiary/aromatic N) is 1. The van der Waals surface area contributed by atoms with Crippen molar-refractivity contribution in [1.82, 2.24) is 15.5 Å². The van der Waals surface area contributed by atoms with Gasteiger partial charge in [0.15, 0.2) is 0 Å². The van der Waals surface area contributed by atoms with Gasteiger partial charge in [-0.3, -0.25) is 14.9 Å². The van der Waals surface area contributed by atoms with E-state index in [1.54, 1.807) is 4.90 Å². The molecule has 7 nitrogen and oxygen atoms in total. The predicted molar refractivity (Wildman–Crippen MR) is 120 cm³/mol. The molecule has 2 aliphatic heterocycles. The van der Waals surface area contributed by atoms with Crippen LogP contribution in [0.5, 0.6) is 0 Å². The molecule has 1 unspecified atom stereocenters. The number of piperidine rings is 1. The maximum atomic E-state index is 12.8. The first-order valence-corrected chi connectivity index (χ1v) is 10.8. The van der Waals surface area contributed by atoms with Crippen molar-refractivity contribution in [2.45, 2.75) is 30.7 Å². The van der Waals surface area contributed by atoms with E-state index >= 15 is 0 Å². The molecule has 4 N–H and O–H groups in total. The highest BCUT2D eigenvalue weighted by Gasteiger charge is 2.47. The van der Waals surface area contributed by atoms with E-state index in [1.165, 1.54) is 5.56 Å². The lowest BCUT2D eigenvalue weighted by atomic mass is 9.88. The molecule has 4 amide bonds. The lowest BCUT2D eigenvalue weighted by molar-refractivity contribution is -0.137. The van der Waals surface area contributed by atoms with Crippen LogP contribution in [-0.2, 0) is 9.59 Å². The van der Waals surface area contributed by atoms with E-state index in [4.69, 9.17) is 5.73 Å². The quantitative estimate of drug-likeness (QED) is 0.507. The second-order valence-electron chi connectivity index (χ2n) is 8.26. The first-order valence-electron chi connectivity index (χ1n) is 10.8. The summed E-state index contributed by atoms with van der Waals surface area (Å²) in [5.41, 5.74) is 7.55. The molecule has 4 rings (SSSR count). The van der Waals surface area contributed by atoms with Crippen LogP contribution in [0.25, 0.3) is 0 Å². The van der Waals surface area contributed by atoms with Crippen LogP contribution in [-0.4, -0.2) is 47.9 Å². The maximum absolute atomic E-state index is 12.8. The van der Waals surface area contributed by atoms with Crippen LogP contribution in [0, 0.1) is 11.8 Å². The smallest absolute Gasteiger partial charge is 0.322 e. The topological polar surface area (TPSA) is 105 Å². The van der Waals surface area contributed by atoms with Gasteiger partial charge in [0, 0.05) is 30.8 Å². The molecule has 0 aromatic heterocycles. The molecule has 2 aromatic rings. The third-order valence-corrected chi connectivity index (χ3v) is 6.17. The molecule has 1 atom stereocenters. The molecular formula is C25H26N4O3. The Bertz CT molecular complexity index is 1060. The van der Waals surface area contributed by atoms with Gasteiger partial charge in [-0.1, -0.05) is 42.2 Å². The molecule has 0 radical (unpaired) electrons. The van der Waals surface area contributed by atoms with Gasteiger partial charge in [-0.2, -0.15) is 0 Å². The monoisotopic (exact) mass is 430 g/mol. The van der Waals surface area contributed by atoms with Crippen LogP contribution in [0.3, 0.4) is 0 Å². The van der Waals surface area contributed by atoms with E-state index in [2.05, 4.69) is 34.6 Å². The van der Waals surface area contributed by atoms with Crippen LogP contribution in [0.1, 0.15) is 41.9 Å². The number of hydrogen-bond donors (Lipinski definition) is 3. The molecule has 0 saturated carbocycles. The second-order valence-corrected chi connectivity index (χ2v) is 8.26. The summed E-state index contributed by atoms with van der Waals surface area (Å²) < 4.78 is 0. The molecule has 2 saturated heterocycles. The molecule has 2 aromatic carbocycles. The minimum absolute atomic E-state index is 0.119. The van der Waals surface area contributed by atoms with Gasteiger partial charge in [0.05, 0.1) is 6.42 Å². The Kier molecular flexibility index (Phi) is 6.24. The highest BCUT2D eigenvalue weighted by atomic mass is 16.2. The average molecular weight is 431 g/mol. The summed E-state index contributed by atoms with van der Waals surface area (Å²) in [7, 11) is 0. The van der Waals surface area contributed by atoms with Gasteiger partial charge in [0.25, 0.3) is 5.91 Å². The minimum Gasteiger partial charge on any atom is -0.343 e. The normalized spacial score (nSPS) is 20.8. The lowest BCUT2D eigenvalue weighted by Gasteiger charge is -2.34. The van der Waals surface area contributed by atoms with E-state index in [1.807, 2.05) is 42.5 Å². The number of benzene rings is 2. The van der Waals surface area contributed by atoms with Crippen LogP contribution >= 0.6 is 0 Å². The van der Waals surface area contributed by atoms with Crippen LogP contribution in [0.4, 0.5) is 4.79 Å². The zero-order chi connectivity index (χ0) is 22.6. The molecular weight excluding hydrogens is 404 g/mol. The molecule has 32 heavy (non-hydrogen) atoms. The number of nitrogens with one attached hydrogen (secondary N) is 2. The summed E-state index contributed by atoms with van der Waals surface area (Å²) in [4.78, 5) is 38.1. The molecule has 0 bridgehead atoms. The van der Waals surface area contributed by atoms with Gasteiger partial charge in [-0.15, -0.1) is 0 Å². The standard InChI is InChI=1S/C25H26N4O3/c26-17-25(23(31)27-24(32)28-25)16-22(30)29-14-12-21(13-15-29)20-10-8-19(9-11-20)7-6-18-4-2-1-3-5-18/h1-5,8-11,21H,12-17,26H2,(H2,27,28,31,32). The van der Waals surface area contributed by atoms with Crippen molar-refractivity contribution < 1.29 is 14.4 Å². The fourth-order valence-electron chi connectivity index (χ4n) is 4.21. The highest BCUT2D eigenvalue weighted by Crippen LogP contribution is 2.29. The number of hydrogen-bond acceptors (Lipinski definition) is 4. The Hall–Kier alpha value is -3.63.